The molecule has 2 aromatic rings. The third kappa shape index (κ3) is 4.31. The molecule has 8 heteroatoms. The molecule has 0 aliphatic carbocycles. The first-order valence-electron chi connectivity index (χ1n) is 7.54. The number of methoxy groups -OCH3 is 1. The molecule has 0 aliphatic heterocycles. The first kappa shape index (κ1) is 17.5. The summed E-state index contributed by atoms with van der Waals surface area (Å²) in [6.45, 7) is 2.58. The van der Waals surface area contributed by atoms with Crippen LogP contribution in [0.25, 0.3) is 11.4 Å². The molecule has 1 heterocycles. The van der Waals surface area contributed by atoms with Crippen molar-refractivity contribution in [2.24, 2.45) is 0 Å². The Labute approximate surface area is 138 Å². The monoisotopic (exact) mass is 333 g/mol. The van der Waals surface area contributed by atoms with Crippen molar-refractivity contribution in [2.45, 2.75) is 26.2 Å². The molecule has 0 atom stereocenters. The molecule has 2 N–H and O–H groups in total. The van der Waals surface area contributed by atoms with Crippen molar-refractivity contribution in [3.63, 3.8) is 0 Å². The summed E-state index contributed by atoms with van der Waals surface area (Å²) >= 11 is 0. The third-order valence-corrected chi connectivity index (χ3v) is 3.24. The number of hydrogen-bond acceptors (Lipinski definition) is 6. The van der Waals surface area contributed by atoms with E-state index in [0.717, 1.165) is 6.42 Å². The molecule has 0 bridgehead atoms. The van der Waals surface area contributed by atoms with E-state index in [1.807, 2.05) is 6.92 Å². The van der Waals surface area contributed by atoms with Crippen LogP contribution in [0, 0.1) is 0 Å². The maximum Gasteiger partial charge on any atom is 0.303 e. The summed E-state index contributed by atoms with van der Waals surface area (Å²) in [6.07, 6.45) is 0.737. The molecule has 0 saturated heterocycles. The summed E-state index contributed by atoms with van der Waals surface area (Å²) in [5, 5.41) is 16.4. The van der Waals surface area contributed by atoms with Crippen LogP contribution in [-0.2, 0) is 11.2 Å². The highest BCUT2D eigenvalue weighted by atomic mass is 16.5. The van der Waals surface area contributed by atoms with E-state index >= 15 is 0 Å². The van der Waals surface area contributed by atoms with Gasteiger partial charge in [-0.2, -0.15) is 0 Å². The Bertz CT molecular complexity index is 773. The SMILES string of the molecule is CCCOc1ccc(-c2nnc(CCC(=O)O)c(=O)[nH]2)cc1OC. The topological polar surface area (TPSA) is 114 Å². The zero-order valence-corrected chi connectivity index (χ0v) is 13.5. The molecular weight excluding hydrogens is 314 g/mol. The molecule has 24 heavy (non-hydrogen) atoms. The first-order chi connectivity index (χ1) is 11.5. The lowest BCUT2D eigenvalue weighted by Crippen LogP contribution is -2.18. The second kappa shape index (κ2) is 8.09. The summed E-state index contributed by atoms with van der Waals surface area (Å²) in [7, 11) is 1.53. The van der Waals surface area contributed by atoms with Crippen LogP contribution >= 0.6 is 0 Å². The van der Waals surface area contributed by atoms with Crippen LogP contribution in [0.3, 0.4) is 0 Å². The molecule has 0 spiro atoms. The molecule has 1 aromatic carbocycles. The van der Waals surface area contributed by atoms with Gasteiger partial charge in [0.05, 0.1) is 20.1 Å². The lowest BCUT2D eigenvalue weighted by atomic mass is 10.2. The number of aromatic amines is 1. The fourth-order valence-electron chi connectivity index (χ4n) is 2.03. The standard InChI is InChI=1S/C16H19N3O5/c1-3-8-24-12-6-4-10(9-13(12)23-2)15-17-16(22)11(18-19-15)5-7-14(20)21/h4,6,9H,3,5,7-8H2,1-2H3,(H,20,21)(H,17,19,22). The highest BCUT2D eigenvalue weighted by Gasteiger charge is 2.11. The number of rotatable bonds is 8. The summed E-state index contributed by atoms with van der Waals surface area (Å²) in [5.41, 5.74) is 0.257. The van der Waals surface area contributed by atoms with Crippen LogP contribution in [0.1, 0.15) is 25.5 Å². The molecule has 0 saturated carbocycles. The average molecular weight is 333 g/mol. The molecule has 128 valence electrons. The van der Waals surface area contributed by atoms with E-state index in [2.05, 4.69) is 15.2 Å². The van der Waals surface area contributed by atoms with Gasteiger partial charge in [-0.3, -0.25) is 9.59 Å². The Morgan fingerprint density at radius 1 is 1.29 bits per heavy atom. The van der Waals surface area contributed by atoms with Gasteiger partial charge < -0.3 is 19.6 Å². The van der Waals surface area contributed by atoms with Gasteiger partial charge in [0, 0.05) is 12.0 Å². The van der Waals surface area contributed by atoms with E-state index in [1.54, 1.807) is 18.2 Å². The van der Waals surface area contributed by atoms with Crippen LogP contribution in [0.15, 0.2) is 23.0 Å². The number of nitrogens with one attached hydrogen (secondary N) is 1. The number of aliphatic carboxylic acids is 1. The van der Waals surface area contributed by atoms with Crippen molar-refractivity contribution in [3.05, 3.63) is 34.2 Å². The Kier molecular flexibility index (Phi) is 5.89. The Morgan fingerprint density at radius 2 is 2.08 bits per heavy atom. The molecular formula is C16H19N3O5. The second-order valence-corrected chi connectivity index (χ2v) is 5.06. The molecule has 0 fully saturated rings. The normalized spacial score (nSPS) is 10.4. The number of carboxylic acid groups (broad SMARTS) is 1. The molecule has 0 radical (unpaired) electrons. The summed E-state index contributed by atoms with van der Waals surface area (Å²) < 4.78 is 10.9. The van der Waals surface area contributed by atoms with Crippen molar-refractivity contribution < 1.29 is 19.4 Å². The van der Waals surface area contributed by atoms with Gasteiger partial charge in [0.2, 0.25) is 0 Å². The Balaban J connectivity index is 2.26. The Hall–Kier alpha value is -2.90. The van der Waals surface area contributed by atoms with Crippen molar-refractivity contribution in [2.75, 3.05) is 13.7 Å². The van der Waals surface area contributed by atoms with Gasteiger partial charge in [-0.25, -0.2) is 0 Å². The Morgan fingerprint density at radius 3 is 2.71 bits per heavy atom. The van der Waals surface area contributed by atoms with Gasteiger partial charge in [-0.05, 0) is 24.6 Å². The van der Waals surface area contributed by atoms with Crippen LogP contribution in [-0.4, -0.2) is 40.0 Å². The maximum atomic E-state index is 12.0. The number of nitrogens with zero attached hydrogens (tertiary/aromatic N) is 2. The van der Waals surface area contributed by atoms with Crippen molar-refractivity contribution >= 4 is 5.97 Å². The van der Waals surface area contributed by atoms with Crippen LogP contribution in [0.4, 0.5) is 0 Å². The molecule has 2 rings (SSSR count). The van der Waals surface area contributed by atoms with Gasteiger partial charge in [0.25, 0.3) is 5.56 Å². The van der Waals surface area contributed by atoms with E-state index in [4.69, 9.17) is 14.6 Å². The van der Waals surface area contributed by atoms with Gasteiger partial charge in [-0.15, -0.1) is 10.2 Å². The molecule has 0 amide bonds. The minimum atomic E-state index is -0.993. The maximum absolute atomic E-state index is 12.0. The number of benzene rings is 1. The lowest BCUT2D eigenvalue weighted by molar-refractivity contribution is -0.136. The number of carboxylic acids is 1. The number of hydrogen-bond donors (Lipinski definition) is 2. The minimum Gasteiger partial charge on any atom is -0.493 e. The van der Waals surface area contributed by atoms with Crippen LogP contribution < -0.4 is 15.0 Å². The van der Waals surface area contributed by atoms with Crippen molar-refractivity contribution in [1.82, 2.24) is 15.2 Å². The number of aromatic nitrogens is 3. The zero-order chi connectivity index (χ0) is 17.5. The van der Waals surface area contributed by atoms with E-state index < -0.39 is 11.5 Å². The van der Waals surface area contributed by atoms with E-state index in [1.165, 1.54) is 7.11 Å². The van der Waals surface area contributed by atoms with E-state index in [-0.39, 0.29) is 24.4 Å². The number of carbonyl (C=O) groups is 1. The molecule has 8 nitrogen and oxygen atoms in total. The number of H-pyrrole nitrogens is 1. The number of ether oxygens (including phenoxy) is 2. The molecule has 1 aromatic heterocycles. The smallest absolute Gasteiger partial charge is 0.303 e. The van der Waals surface area contributed by atoms with E-state index in [9.17, 15) is 9.59 Å². The first-order valence-corrected chi connectivity index (χ1v) is 7.54. The summed E-state index contributed by atoms with van der Waals surface area (Å²) in [6, 6.07) is 5.18. The average Bonchev–Trinajstić information content (AvgIpc) is 2.58. The number of aryl methyl sites for hydroxylation is 1. The molecule has 0 unspecified atom stereocenters. The van der Waals surface area contributed by atoms with Gasteiger partial charge in [-0.1, -0.05) is 6.92 Å². The third-order valence-electron chi connectivity index (χ3n) is 3.24. The molecule has 0 aliphatic rings. The highest BCUT2D eigenvalue weighted by Crippen LogP contribution is 2.31. The van der Waals surface area contributed by atoms with Gasteiger partial charge in [0.15, 0.2) is 17.3 Å². The minimum absolute atomic E-state index is 0.0328. The summed E-state index contributed by atoms with van der Waals surface area (Å²) in [4.78, 5) is 25.2. The lowest BCUT2D eigenvalue weighted by Gasteiger charge is -2.11. The predicted molar refractivity (Wildman–Crippen MR) is 86.4 cm³/mol. The predicted octanol–water partition coefficient (Wildman–Crippen LogP) is 1.65. The van der Waals surface area contributed by atoms with Gasteiger partial charge in [0.1, 0.15) is 5.69 Å². The van der Waals surface area contributed by atoms with Crippen molar-refractivity contribution in [1.29, 1.82) is 0 Å². The highest BCUT2D eigenvalue weighted by molar-refractivity contribution is 5.67. The van der Waals surface area contributed by atoms with Crippen LogP contribution in [0.2, 0.25) is 0 Å². The van der Waals surface area contributed by atoms with Crippen LogP contribution in [0.5, 0.6) is 11.5 Å². The van der Waals surface area contributed by atoms with E-state index in [0.29, 0.717) is 23.7 Å². The zero-order valence-electron chi connectivity index (χ0n) is 13.5. The fraction of sp³-hybridized carbons (Fsp3) is 0.375. The van der Waals surface area contributed by atoms with Gasteiger partial charge >= 0.3 is 5.97 Å². The largest absolute Gasteiger partial charge is 0.493 e. The quantitative estimate of drug-likeness (QED) is 0.754. The fourth-order valence-corrected chi connectivity index (χ4v) is 2.03. The second-order valence-electron chi connectivity index (χ2n) is 5.06. The van der Waals surface area contributed by atoms with Crippen molar-refractivity contribution in [3.8, 4) is 22.9 Å². The summed E-state index contributed by atoms with van der Waals surface area (Å²) in [5.74, 6) is 0.419.